The maximum absolute atomic E-state index is 13.2. The highest BCUT2D eigenvalue weighted by atomic mass is 16.1. The van der Waals surface area contributed by atoms with Crippen molar-refractivity contribution in [2.45, 2.75) is 19.8 Å². The molecule has 0 aliphatic carbocycles. The van der Waals surface area contributed by atoms with Gasteiger partial charge < -0.3 is 0 Å². The largest absolute Gasteiger partial charge is 0.293 e. The van der Waals surface area contributed by atoms with Gasteiger partial charge in [0.2, 0.25) is 0 Å². The van der Waals surface area contributed by atoms with Gasteiger partial charge in [0, 0.05) is 5.69 Å². The van der Waals surface area contributed by atoms with Crippen LogP contribution in [-0.2, 0) is 0 Å². The molecule has 0 saturated heterocycles. The van der Waals surface area contributed by atoms with E-state index in [1.165, 1.54) is 0 Å². The highest BCUT2D eigenvalue weighted by molar-refractivity contribution is 6.04. The summed E-state index contributed by atoms with van der Waals surface area (Å²) in [4.78, 5) is 13.2. The van der Waals surface area contributed by atoms with Gasteiger partial charge in [-0.25, -0.2) is 0 Å². The van der Waals surface area contributed by atoms with Gasteiger partial charge in [-0.15, -0.1) is 0 Å². The van der Waals surface area contributed by atoms with Gasteiger partial charge >= 0.3 is 0 Å². The second kappa shape index (κ2) is 5.98. The van der Waals surface area contributed by atoms with Crippen LogP contribution in [0.5, 0.6) is 0 Å². The molecule has 1 aromatic heterocycles. The third-order valence-electron chi connectivity index (χ3n) is 3.90. The Bertz CT molecular complexity index is 717. The molecule has 0 atom stereocenters. The number of benzene rings is 2. The number of hydrogen-bond donors (Lipinski definition) is 1. The number of nitrogens with one attached hydrogen (secondary N) is 1. The predicted octanol–water partition coefficient (Wildman–Crippen LogP) is 4.04. The minimum absolute atomic E-state index is 0.0844. The van der Waals surface area contributed by atoms with E-state index in [2.05, 4.69) is 10.2 Å². The van der Waals surface area contributed by atoms with E-state index >= 15 is 0 Å². The van der Waals surface area contributed by atoms with Crippen molar-refractivity contribution >= 4 is 5.78 Å². The summed E-state index contributed by atoms with van der Waals surface area (Å²) in [5, 5.41) is 7.07. The number of carbonyl (C=O) groups is 1. The van der Waals surface area contributed by atoms with Crippen molar-refractivity contribution in [3.05, 3.63) is 88.7 Å². The maximum Gasteiger partial charge on any atom is 0.178 e. The molecule has 0 spiro atoms. The van der Waals surface area contributed by atoms with Gasteiger partial charge in [-0.05, 0) is 25.0 Å². The van der Waals surface area contributed by atoms with Crippen molar-refractivity contribution < 1.29 is 4.79 Å². The summed E-state index contributed by atoms with van der Waals surface area (Å²) in [7, 11) is 0. The molecule has 0 saturated carbocycles. The minimum Gasteiger partial charge on any atom is -0.293 e. The van der Waals surface area contributed by atoms with E-state index in [1.54, 1.807) is 0 Å². The van der Waals surface area contributed by atoms with Crippen molar-refractivity contribution in [1.82, 2.24) is 10.2 Å². The lowest BCUT2D eigenvalue weighted by Gasteiger charge is -2.17. The number of Topliss-reactive ketones (excluding diaryl/α,β-unsaturated/α-hetero) is 1. The van der Waals surface area contributed by atoms with Gasteiger partial charge in [0.25, 0.3) is 0 Å². The second-order valence-electron chi connectivity index (χ2n) is 5.43. The first kappa shape index (κ1) is 14.3. The monoisotopic (exact) mass is 290 g/mol. The number of carbonyl (C=O) groups excluding carboxylic acids is 1. The molecule has 3 aromatic rings. The van der Waals surface area contributed by atoms with Crippen LogP contribution in [0.25, 0.3) is 0 Å². The number of aromatic amines is 1. The third kappa shape index (κ3) is 2.58. The molecule has 1 N–H and O–H groups in total. The van der Waals surface area contributed by atoms with Crippen LogP contribution in [0.1, 0.15) is 38.8 Å². The predicted molar refractivity (Wildman–Crippen MR) is 87.1 cm³/mol. The quantitative estimate of drug-likeness (QED) is 0.737. The molecule has 0 aliphatic heterocycles. The van der Waals surface area contributed by atoms with Crippen molar-refractivity contribution in [1.29, 1.82) is 0 Å². The van der Waals surface area contributed by atoms with Crippen molar-refractivity contribution in [3.63, 3.8) is 0 Å². The average molecular weight is 290 g/mol. The van der Waals surface area contributed by atoms with E-state index in [0.29, 0.717) is 5.56 Å². The Morgan fingerprint density at radius 2 is 1.41 bits per heavy atom. The van der Waals surface area contributed by atoms with Crippen LogP contribution in [0.2, 0.25) is 0 Å². The summed E-state index contributed by atoms with van der Waals surface area (Å²) in [5.41, 5.74) is 4.26. The van der Waals surface area contributed by atoms with Gasteiger partial charge in [-0.2, -0.15) is 5.10 Å². The van der Waals surface area contributed by atoms with Crippen molar-refractivity contribution in [2.24, 2.45) is 0 Å². The normalized spacial score (nSPS) is 10.9. The van der Waals surface area contributed by atoms with Crippen LogP contribution in [0.15, 0.2) is 60.7 Å². The molecule has 0 unspecified atom stereocenters. The van der Waals surface area contributed by atoms with Gasteiger partial charge in [0.1, 0.15) is 0 Å². The standard InChI is InChI=1S/C19H18N2O/c1-13-17(14(2)21-20-13)19(22)18(15-9-5-3-6-10-15)16-11-7-4-8-12-16/h3-12,18H,1-2H3,(H,20,21). The highest BCUT2D eigenvalue weighted by Crippen LogP contribution is 2.30. The Morgan fingerprint density at radius 1 is 0.909 bits per heavy atom. The van der Waals surface area contributed by atoms with Crippen LogP contribution >= 0.6 is 0 Å². The van der Waals surface area contributed by atoms with Gasteiger partial charge in [-0.3, -0.25) is 9.89 Å². The summed E-state index contributed by atoms with van der Waals surface area (Å²) in [6.45, 7) is 3.75. The zero-order chi connectivity index (χ0) is 15.5. The van der Waals surface area contributed by atoms with E-state index in [0.717, 1.165) is 22.5 Å². The van der Waals surface area contributed by atoms with E-state index in [-0.39, 0.29) is 11.7 Å². The molecule has 3 rings (SSSR count). The van der Waals surface area contributed by atoms with Crippen LogP contribution < -0.4 is 0 Å². The zero-order valence-electron chi connectivity index (χ0n) is 12.7. The van der Waals surface area contributed by atoms with E-state index in [1.807, 2.05) is 74.5 Å². The summed E-state index contributed by atoms with van der Waals surface area (Å²) < 4.78 is 0. The van der Waals surface area contributed by atoms with E-state index in [9.17, 15) is 4.79 Å². The molecule has 0 fully saturated rings. The molecule has 2 aromatic carbocycles. The number of rotatable bonds is 4. The first-order valence-electron chi connectivity index (χ1n) is 7.34. The number of aromatic nitrogens is 2. The fourth-order valence-corrected chi connectivity index (χ4v) is 2.84. The van der Waals surface area contributed by atoms with Crippen molar-refractivity contribution in [2.75, 3.05) is 0 Å². The Morgan fingerprint density at radius 3 is 1.82 bits per heavy atom. The zero-order valence-corrected chi connectivity index (χ0v) is 12.7. The molecule has 110 valence electrons. The number of aryl methyl sites for hydroxylation is 2. The second-order valence-corrected chi connectivity index (χ2v) is 5.43. The SMILES string of the molecule is Cc1n[nH]c(C)c1C(=O)C(c1ccccc1)c1ccccc1. The first-order chi connectivity index (χ1) is 10.7. The lowest BCUT2D eigenvalue weighted by atomic mass is 9.84. The molecule has 0 bridgehead atoms. The lowest BCUT2D eigenvalue weighted by molar-refractivity contribution is 0.0973. The summed E-state index contributed by atoms with van der Waals surface area (Å²) in [6, 6.07) is 19.8. The van der Waals surface area contributed by atoms with Crippen molar-refractivity contribution in [3.8, 4) is 0 Å². The number of ketones is 1. The summed E-state index contributed by atoms with van der Waals surface area (Å²) in [6.07, 6.45) is 0. The van der Waals surface area contributed by atoms with Crippen LogP contribution in [0.3, 0.4) is 0 Å². The highest BCUT2D eigenvalue weighted by Gasteiger charge is 2.27. The van der Waals surface area contributed by atoms with Gasteiger partial charge in [0.05, 0.1) is 17.2 Å². The average Bonchev–Trinajstić information content (AvgIpc) is 2.88. The van der Waals surface area contributed by atoms with Gasteiger partial charge in [0.15, 0.2) is 5.78 Å². The van der Waals surface area contributed by atoms with Gasteiger partial charge in [-0.1, -0.05) is 60.7 Å². The Labute approximate surface area is 130 Å². The lowest BCUT2D eigenvalue weighted by Crippen LogP contribution is -2.16. The molecular formula is C19H18N2O. The van der Waals surface area contributed by atoms with Crippen LogP contribution in [0.4, 0.5) is 0 Å². The molecule has 3 nitrogen and oxygen atoms in total. The topological polar surface area (TPSA) is 45.8 Å². The molecule has 0 radical (unpaired) electrons. The van der Waals surface area contributed by atoms with Crippen LogP contribution in [-0.4, -0.2) is 16.0 Å². The van der Waals surface area contributed by atoms with E-state index < -0.39 is 0 Å². The number of nitrogens with zero attached hydrogens (tertiary/aromatic N) is 1. The minimum atomic E-state index is -0.308. The Balaban J connectivity index is 2.13. The molecule has 22 heavy (non-hydrogen) atoms. The van der Waals surface area contributed by atoms with E-state index in [4.69, 9.17) is 0 Å². The number of H-pyrrole nitrogens is 1. The Kier molecular flexibility index (Phi) is 3.88. The first-order valence-corrected chi connectivity index (χ1v) is 7.34. The molecular weight excluding hydrogens is 272 g/mol. The summed E-state index contributed by atoms with van der Waals surface area (Å²) in [5.74, 6) is -0.224. The smallest absolute Gasteiger partial charge is 0.178 e. The molecule has 3 heteroatoms. The third-order valence-corrected chi connectivity index (χ3v) is 3.90. The molecule has 0 amide bonds. The fraction of sp³-hybridized carbons (Fsp3) is 0.158. The maximum atomic E-state index is 13.2. The van der Waals surface area contributed by atoms with Crippen LogP contribution in [0, 0.1) is 13.8 Å². The fourth-order valence-electron chi connectivity index (χ4n) is 2.84. The molecule has 1 heterocycles. The summed E-state index contributed by atoms with van der Waals surface area (Å²) >= 11 is 0. The molecule has 0 aliphatic rings. The number of hydrogen-bond acceptors (Lipinski definition) is 2. The Hall–Kier alpha value is -2.68.